The van der Waals surface area contributed by atoms with Crippen LogP contribution in [0.4, 0.5) is 5.69 Å². The van der Waals surface area contributed by atoms with E-state index >= 15 is 0 Å². The Hall–Kier alpha value is -1.09. The van der Waals surface area contributed by atoms with E-state index in [1.165, 1.54) is 0 Å². The Bertz CT molecular complexity index is 276. The van der Waals surface area contributed by atoms with Crippen LogP contribution in [0.15, 0.2) is 18.5 Å². The fourth-order valence-electron chi connectivity index (χ4n) is 1.57. The zero-order valence-corrected chi connectivity index (χ0v) is 8.90. The van der Waals surface area contributed by atoms with E-state index in [0.29, 0.717) is 0 Å². The number of pyridine rings is 1. The van der Waals surface area contributed by atoms with Gasteiger partial charge >= 0.3 is 0 Å². The molecule has 0 saturated carbocycles. The molecule has 14 heavy (non-hydrogen) atoms. The molecular formula is C11H18N2O. The van der Waals surface area contributed by atoms with E-state index in [9.17, 15) is 0 Å². The molecule has 0 amide bonds. The summed E-state index contributed by atoms with van der Waals surface area (Å²) >= 11 is 0. The molecule has 0 bridgehead atoms. The standard InChI is InChI=1S/C11H18N2O/c1-3-7-13(4-2)11-5-6-12-8-10(11)9-14/h5-6,8,14H,3-4,7,9H2,1-2H3. The van der Waals surface area contributed by atoms with Gasteiger partial charge in [0.15, 0.2) is 0 Å². The van der Waals surface area contributed by atoms with Crippen molar-refractivity contribution in [3.8, 4) is 0 Å². The predicted octanol–water partition coefficient (Wildman–Crippen LogP) is 1.81. The van der Waals surface area contributed by atoms with E-state index < -0.39 is 0 Å². The highest BCUT2D eigenvalue weighted by Gasteiger charge is 2.07. The normalized spacial score (nSPS) is 10.2. The largest absolute Gasteiger partial charge is 0.392 e. The van der Waals surface area contributed by atoms with Gasteiger partial charge in [-0.1, -0.05) is 6.92 Å². The molecule has 0 aliphatic heterocycles. The Morgan fingerprint density at radius 1 is 1.43 bits per heavy atom. The van der Waals surface area contributed by atoms with Gasteiger partial charge in [0.2, 0.25) is 0 Å². The van der Waals surface area contributed by atoms with Crippen molar-refractivity contribution in [2.75, 3.05) is 18.0 Å². The summed E-state index contributed by atoms with van der Waals surface area (Å²) in [6.07, 6.45) is 4.61. The second kappa shape index (κ2) is 5.60. The lowest BCUT2D eigenvalue weighted by Crippen LogP contribution is -2.24. The second-order valence-corrected chi connectivity index (χ2v) is 3.24. The third kappa shape index (κ3) is 2.45. The highest BCUT2D eigenvalue weighted by atomic mass is 16.3. The van der Waals surface area contributed by atoms with Crippen LogP contribution >= 0.6 is 0 Å². The van der Waals surface area contributed by atoms with Crippen molar-refractivity contribution in [1.29, 1.82) is 0 Å². The molecule has 3 heteroatoms. The summed E-state index contributed by atoms with van der Waals surface area (Å²) in [7, 11) is 0. The van der Waals surface area contributed by atoms with E-state index in [0.717, 1.165) is 30.8 Å². The van der Waals surface area contributed by atoms with E-state index in [1.54, 1.807) is 12.4 Å². The van der Waals surface area contributed by atoms with Gasteiger partial charge < -0.3 is 10.0 Å². The van der Waals surface area contributed by atoms with Crippen LogP contribution in [-0.4, -0.2) is 23.2 Å². The molecule has 0 radical (unpaired) electrons. The molecule has 0 unspecified atom stereocenters. The molecule has 0 atom stereocenters. The van der Waals surface area contributed by atoms with Gasteiger partial charge in [-0.3, -0.25) is 4.98 Å². The van der Waals surface area contributed by atoms with Crippen LogP contribution in [0, 0.1) is 0 Å². The van der Waals surface area contributed by atoms with Gasteiger partial charge in [-0.2, -0.15) is 0 Å². The lowest BCUT2D eigenvalue weighted by molar-refractivity contribution is 0.281. The summed E-state index contributed by atoms with van der Waals surface area (Å²) in [4.78, 5) is 6.26. The minimum Gasteiger partial charge on any atom is -0.392 e. The molecule has 0 spiro atoms. The van der Waals surface area contributed by atoms with Gasteiger partial charge in [0.25, 0.3) is 0 Å². The number of anilines is 1. The quantitative estimate of drug-likeness (QED) is 0.776. The van der Waals surface area contributed by atoms with E-state index in [1.807, 2.05) is 6.07 Å². The Morgan fingerprint density at radius 2 is 2.21 bits per heavy atom. The van der Waals surface area contributed by atoms with Crippen LogP contribution in [0.3, 0.4) is 0 Å². The average Bonchev–Trinajstić information content (AvgIpc) is 2.26. The molecule has 0 aromatic carbocycles. The summed E-state index contributed by atoms with van der Waals surface area (Å²) in [6, 6.07) is 1.96. The van der Waals surface area contributed by atoms with Gasteiger partial charge in [-0.25, -0.2) is 0 Å². The number of rotatable bonds is 5. The molecule has 0 aliphatic carbocycles. The third-order valence-corrected chi connectivity index (χ3v) is 2.26. The lowest BCUT2D eigenvalue weighted by Gasteiger charge is -2.24. The van der Waals surface area contributed by atoms with Gasteiger partial charge in [0, 0.05) is 36.7 Å². The molecule has 1 heterocycles. The number of aliphatic hydroxyl groups excluding tert-OH is 1. The fourth-order valence-corrected chi connectivity index (χ4v) is 1.57. The predicted molar refractivity (Wildman–Crippen MR) is 58.3 cm³/mol. The van der Waals surface area contributed by atoms with E-state index in [2.05, 4.69) is 23.7 Å². The Balaban J connectivity index is 2.90. The molecule has 1 aromatic rings. The maximum Gasteiger partial charge on any atom is 0.0717 e. The van der Waals surface area contributed by atoms with E-state index in [-0.39, 0.29) is 6.61 Å². The number of aliphatic hydroxyl groups is 1. The number of hydrogen-bond acceptors (Lipinski definition) is 3. The Kier molecular flexibility index (Phi) is 4.40. The van der Waals surface area contributed by atoms with Crippen LogP contribution in [0.25, 0.3) is 0 Å². The van der Waals surface area contributed by atoms with Crippen LogP contribution in [0.5, 0.6) is 0 Å². The summed E-state index contributed by atoms with van der Waals surface area (Å²) in [5.74, 6) is 0. The summed E-state index contributed by atoms with van der Waals surface area (Å²) in [5, 5.41) is 9.16. The van der Waals surface area contributed by atoms with Crippen molar-refractivity contribution < 1.29 is 5.11 Å². The molecule has 0 aliphatic rings. The first-order valence-electron chi connectivity index (χ1n) is 5.12. The summed E-state index contributed by atoms with van der Waals surface area (Å²) < 4.78 is 0. The SMILES string of the molecule is CCCN(CC)c1ccncc1CO. The second-order valence-electron chi connectivity index (χ2n) is 3.24. The molecule has 1 rings (SSSR count). The van der Waals surface area contributed by atoms with Gasteiger partial charge in [0.1, 0.15) is 0 Å². The van der Waals surface area contributed by atoms with E-state index in [4.69, 9.17) is 5.11 Å². The van der Waals surface area contributed by atoms with Crippen LogP contribution in [-0.2, 0) is 6.61 Å². The van der Waals surface area contributed by atoms with Crippen molar-refractivity contribution in [1.82, 2.24) is 4.98 Å². The van der Waals surface area contributed by atoms with Crippen molar-refractivity contribution in [2.45, 2.75) is 26.9 Å². The minimum absolute atomic E-state index is 0.0589. The monoisotopic (exact) mass is 194 g/mol. The van der Waals surface area contributed by atoms with Crippen molar-refractivity contribution in [3.63, 3.8) is 0 Å². The number of hydrogen-bond donors (Lipinski definition) is 1. The first-order chi connectivity index (χ1) is 6.83. The third-order valence-electron chi connectivity index (χ3n) is 2.26. The molecule has 1 aromatic heterocycles. The topological polar surface area (TPSA) is 36.4 Å². The minimum atomic E-state index is 0.0589. The number of nitrogens with zero attached hydrogens (tertiary/aromatic N) is 2. The van der Waals surface area contributed by atoms with Crippen LogP contribution in [0.2, 0.25) is 0 Å². The van der Waals surface area contributed by atoms with Crippen molar-refractivity contribution >= 4 is 5.69 Å². The molecule has 3 nitrogen and oxygen atoms in total. The lowest BCUT2D eigenvalue weighted by atomic mass is 10.2. The number of aromatic nitrogens is 1. The van der Waals surface area contributed by atoms with Gasteiger partial charge in [-0.05, 0) is 19.4 Å². The first kappa shape index (κ1) is 11.0. The highest BCUT2D eigenvalue weighted by molar-refractivity contribution is 5.51. The zero-order valence-electron chi connectivity index (χ0n) is 8.90. The Morgan fingerprint density at radius 3 is 2.79 bits per heavy atom. The molecular weight excluding hydrogens is 176 g/mol. The van der Waals surface area contributed by atoms with Crippen molar-refractivity contribution in [3.05, 3.63) is 24.0 Å². The maximum atomic E-state index is 9.16. The Labute approximate surface area is 85.4 Å². The summed E-state index contributed by atoms with van der Waals surface area (Å²) in [5.41, 5.74) is 2.01. The zero-order chi connectivity index (χ0) is 10.4. The van der Waals surface area contributed by atoms with Gasteiger partial charge in [0.05, 0.1) is 6.61 Å². The fraction of sp³-hybridized carbons (Fsp3) is 0.545. The maximum absolute atomic E-state index is 9.16. The molecule has 78 valence electrons. The summed E-state index contributed by atoms with van der Waals surface area (Å²) in [6.45, 7) is 6.32. The van der Waals surface area contributed by atoms with Crippen molar-refractivity contribution in [2.24, 2.45) is 0 Å². The molecule has 0 saturated heterocycles. The smallest absolute Gasteiger partial charge is 0.0717 e. The average molecular weight is 194 g/mol. The van der Waals surface area contributed by atoms with Crippen LogP contribution < -0.4 is 4.90 Å². The van der Waals surface area contributed by atoms with Crippen LogP contribution in [0.1, 0.15) is 25.8 Å². The first-order valence-corrected chi connectivity index (χ1v) is 5.12. The highest BCUT2D eigenvalue weighted by Crippen LogP contribution is 2.19. The molecule has 0 fully saturated rings. The van der Waals surface area contributed by atoms with Gasteiger partial charge in [-0.15, -0.1) is 0 Å². The molecule has 1 N–H and O–H groups in total.